The van der Waals surface area contributed by atoms with Gasteiger partial charge in [0.25, 0.3) is 0 Å². The normalized spacial score (nSPS) is 21.4. The van der Waals surface area contributed by atoms with E-state index in [1.54, 1.807) is 11.7 Å². The van der Waals surface area contributed by atoms with E-state index in [2.05, 4.69) is 5.10 Å². The van der Waals surface area contributed by atoms with Crippen molar-refractivity contribution in [3.05, 3.63) is 17.5 Å². The minimum absolute atomic E-state index is 0.296. The molecule has 0 aliphatic carbocycles. The molecule has 1 aliphatic rings. The van der Waals surface area contributed by atoms with Crippen LogP contribution in [0.3, 0.4) is 0 Å². The van der Waals surface area contributed by atoms with Gasteiger partial charge in [0.1, 0.15) is 5.69 Å². The predicted molar refractivity (Wildman–Crippen MR) is 51.3 cm³/mol. The molecule has 4 heteroatoms. The van der Waals surface area contributed by atoms with Gasteiger partial charge < -0.3 is 4.74 Å². The van der Waals surface area contributed by atoms with Gasteiger partial charge in [0.05, 0.1) is 11.8 Å². The first-order valence-electron chi connectivity index (χ1n) is 4.89. The lowest BCUT2D eigenvalue weighted by atomic mass is 10.1. The second kappa shape index (κ2) is 3.92. The summed E-state index contributed by atoms with van der Waals surface area (Å²) in [7, 11) is 1.78. The van der Waals surface area contributed by atoms with Crippen LogP contribution in [0.25, 0.3) is 0 Å². The SMILES string of the molecule is Cn1nc(CC2CCCO2)cc1C=O. The first-order valence-corrected chi connectivity index (χ1v) is 4.89. The van der Waals surface area contributed by atoms with Crippen molar-refractivity contribution in [3.63, 3.8) is 0 Å². The van der Waals surface area contributed by atoms with Crippen molar-refractivity contribution in [2.45, 2.75) is 25.4 Å². The topological polar surface area (TPSA) is 44.1 Å². The number of carbonyl (C=O) groups excluding carboxylic acids is 1. The maximum atomic E-state index is 10.6. The average molecular weight is 194 g/mol. The van der Waals surface area contributed by atoms with Gasteiger partial charge in [-0.05, 0) is 18.9 Å². The molecule has 0 saturated carbocycles. The monoisotopic (exact) mass is 194 g/mol. The van der Waals surface area contributed by atoms with Gasteiger partial charge >= 0.3 is 0 Å². The van der Waals surface area contributed by atoms with Crippen LogP contribution >= 0.6 is 0 Å². The summed E-state index contributed by atoms with van der Waals surface area (Å²) in [5.74, 6) is 0. The van der Waals surface area contributed by atoms with Gasteiger partial charge in [-0.25, -0.2) is 0 Å². The summed E-state index contributed by atoms with van der Waals surface area (Å²) in [5, 5.41) is 4.25. The highest BCUT2D eigenvalue weighted by Gasteiger charge is 2.17. The Morgan fingerprint density at radius 3 is 3.21 bits per heavy atom. The lowest BCUT2D eigenvalue weighted by Gasteiger charge is -2.05. The Bertz CT molecular complexity index is 327. The Balaban J connectivity index is 2.04. The van der Waals surface area contributed by atoms with Crippen molar-refractivity contribution in [2.75, 3.05) is 6.61 Å². The first-order chi connectivity index (χ1) is 6.79. The van der Waals surface area contributed by atoms with Crippen molar-refractivity contribution < 1.29 is 9.53 Å². The summed E-state index contributed by atoms with van der Waals surface area (Å²) in [5.41, 5.74) is 1.57. The molecule has 1 aromatic heterocycles. The molecule has 14 heavy (non-hydrogen) atoms. The highest BCUT2D eigenvalue weighted by Crippen LogP contribution is 2.16. The molecule has 0 N–H and O–H groups in total. The van der Waals surface area contributed by atoms with Crippen molar-refractivity contribution in [3.8, 4) is 0 Å². The van der Waals surface area contributed by atoms with E-state index in [0.29, 0.717) is 11.8 Å². The van der Waals surface area contributed by atoms with Crippen molar-refractivity contribution in [1.82, 2.24) is 9.78 Å². The molecule has 1 aromatic rings. The molecule has 1 aliphatic heterocycles. The third-order valence-corrected chi connectivity index (χ3v) is 2.55. The van der Waals surface area contributed by atoms with Crippen LogP contribution in [0.4, 0.5) is 0 Å². The second-order valence-electron chi connectivity index (χ2n) is 3.64. The fourth-order valence-corrected chi connectivity index (χ4v) is 1.79. The quantitative estimate of drug-likeness (QED) is 0.673. The van der Waals surface area contributed by atoms with Crippen LogP contribution in [0.1, 0.15) is 29.0 Å². The highest BCUT2D eigenvalue weighted by molar-refractivity contribution is 5.72. The van der Waals surface area contributed by atoms with Crippen LogP contribution in [0.5, 0.6) is 0 Å². The number of aromatic nitrogens is 2. The van der Waals surface area contributed by atoms with Crippen LogP contribution in [0.15, 0.2) is 6.07 Å². The zero-order valence-electron chi connectivity index (χ0n) is 8.27. The molecule has 0 radical (unpaired) electrons. The molecule has 2 rings (SSSR count). The van der Waals surface area contributed by atoms with Gasteiger partial charge in [-0.2, -0.15) is 5.10 Å². The number of nitrogens with zero attached hydrogens (tertiary/aromatic N) is 2. The Labute approximate surface area is 82.9 Å². The maximum absolute atomic E-state index is 10.6. The Morgan fingerprint density at radius 2 is 2.64 bits per heavy atom. The molecule has 4 nitrogen and oxygen atoms in total. The third-order valence-electron chi connectivity index (χ3n) is 2.55. The van der Waals surface area contributed by atoms with Gasteiger partial charge in [0.2, 0.25) is 0 Å². The molecule has 0 spiro atoms. The zero-order chi connectivity index (χ0) is 9.97. The van der Waals surface area contributed by atoms with E-state index < -0.39 is 0 Å². The summed E-state index contributed by atoms with van der Waals surface area (Å²) in [6.07, 6.45) is 4.18. The summed E-state index contributed by atoms with van der Waals surface area (Å²) >= 11 is 0. The lowest BCUT2D eigenvalue weighted by Crippen LogP contribution is -2.09. The average Bonchev–Trinajstić information content (AvgIpc) is 2.76. The lowest BCUT2D eigenvalue weighted by molar-refractivity contribution is 0.110. The van der Waals surface area contributed by atoms with Crippen molar-refractivity contribution in [2.24, 2.45) is 7.05 Å². The third kappa shape index (κ3) is 1.85. The fraction of sp³-hybridized carbons (Fsp3) is 0.600. The van der Waals surface area contributed by atoms with E-state index >= 15 is 0 Å². The number of rotatable bonds is 3. The van der Waals surface area contributed by atoms with E-state index in [1.807, 2.05) is 6.07 Å². The maximum Gasteiger partial charge on any atom is 0.168 e. The molecular weight excluding hydrogens is 180 g/mol. The van der Waals surface area contributed by atoms with Crippen LogP contribution in [0, 0.1) is 0 Å². The number of aldehydes is 1. The Kier molecular flexibility index (Phi) is 2.63. The van der Waals surface area contributed by atoms with Crippen LogP contribution in [-0.4, -0.2) is 28.8 Å². The van der Waals surface area contributed by atoms with Crippen LogP contribution in [-0.2, 0) is 18.2 Å². The van der Waals surface area contributed by atoms with Crippen molar-refractivity contribution >= 4 is 6.29 Å². The standard InChI is InChI=1S/C10H14N2O2/c1-12-9(7-13)5-8(11-12)6-10-3-2-4-14-10/h5,7,10H,2-4,6H2,1H3. The van der Waals surface area contributed by atoms with Gasteiger partial charge in [0.15, 0.2) is 6.29 Å². The number of hydrogen-bond donors (Lipinski definition) is 0. The van der Waals surface area contributed by atoms with Gasteiger partial charge in [-0.15, -0.1) is 0 Å². The minimum Gasteiger partial charge on any atom is -0.378 e. The summed E-state index contributed by atoms with van der Waals surface area (Å²) in [4.78, 5) is 10.6. The number of carbonyl (C=O) groups is 1. The van der Waals surface area contributed by atoms with E-state index in [9.17, 15) is 4.79 Å². The van der Waals surface area contributed by atoms with Crippen LogP contribution < -0.4 is 0 Å². The van der Waals surface area contributed by atoms with Gasteiger partial charge in [0, 0.05) is 20.1 Å². The molecule has 1 saturated heterocycles. The first kappa shape index (κ1) is 9.40. The van der Waals surface area contributed by atoms with Crippen LogP contribution in [0.2, 0.25) is 0 Å². The Morgan fingerprint density at radius 1 is 1.79 bits per heavy atom. The number of ether oxygens (including phenoxy) is 1. The predicted octanol–water partition coefficient (Wildman–Crippen LogP) is 0.954. The number of hydrogen-bond acceptors (Lipinski definition) is 3. The van der Waals surface area contributed by atoms with E-state index in [-0.39, 0.29) is 0 Å². The molecule has 1 fully saturated rings. The molecule has 0 aromatic carbocycles. The minimum atomic E-state index is 0.296. The summed E-state index contributed by atoms with van der Waals surface area (Å²) in [6.45, 7) is 0.859. The number of aryl methyl sites for hydroxylation is 1. The van der Waals surface area contributed by atoms with E-state index in [0.717, 1.165) is 37.8 Å². The smallest absolute Gasteiger partial charge is 0.168 e. The van der Waals surface area contributed by atoms with Gasteiger partial charge in [-0.3, -0.25) is 9.48 Å². The van der Waals surface area contributed by atoms with Gasteiger partial charge in [-0.1, -0.05) is 0 Å². The van der Waals surface area contributed by atoms with E-state index in [4.69, 9.17) is 4.74 Å². The summed E-state index contributed by atoms with van der Waals surface area (Å²) in [6, 6.07) is 1.83. The zero-order valence-corrected chi connectivity index (χ0v) is 8.27. The molecule has 76 valence electrons. The second-order valence-corrected chi connectivity index (χ2v) is 3.64. The Hall–Kier alpha value is -1.16. The molecule has 2 heterocycles. The molecule has 1 atom stereocenters. The fourth-order valence-electron chi connectivity index (χ4n) is 1.79. The molecule has 1 unspecified atom stereocenters. The molecule has 0 amide bonds. The van der Waals surface area contributed by atoms with E-state index in [1.165, 1.54) is 0 Å². The van der Waals surface area contributed by atoms with Crippen molar-refractivity contribution in [1.29, 1.82) is 0 Å². The molecular formula is C10H14N2O2. The largest absolute Gasteiger partial charge is 0.378 e. The highest BCUT2D eigenvalue weighted by atomic mass is 16.5. The summed E-state index contributed by atoms with van der Waals surface area (Å²) < 4.78 is 7.11. The molecule has 0 bridgehead atoms.